The van der Waals surface area contributed by atoms with Crippen molar-refractivity contribution in [2.24, 2.45) is 0 Å². The molecule has 0 aliphatic rings. The maximum Gasteiger partial charge on any atom is 0.407 e. The van der Waals surface area contributed by atoms with Crippen molar-refractivity contribution in [3.8, 4) is 12.3 Å². The van der Waals surface area contributed by atoms with Crippen molar-refractivity contribution in [3.63, 3.8) is 0 Å². The predicted molar refractivity (Wildman–Crippen MR) is 68.8 cm³/mol. The molecule has 18 heavy (non-hydrogen) atoms. The Bertz CT molecular complexity index is 411. The van der Waals surface area contributed by atoms with Crippen LogP contribution in [0.15, 0.2) is 30.3 Å². The van der Waals surface area contributed by atoms with Crippen LogP contribution in [0.5, 0.6) is 0 Å². The fourth-order valence-electron chi connectivity index (χ4n) is 1.64. The quantitative estimate of drug-likeness (QED) is 0.781. The lowest BCUT2D eigenvalue weighted by atomic mass is 9.99. The molecule has 0 aliphatic heterocycles. The Hall–Kier alpha value is -1.99. The lowest BCUT2D eigenvalue weighted by Gasteiger charge is -2.23. The fourth-order valence-corrected chi connectivity index (χ4v) is 1.64. The summed E-state index contributed by atoms with van der Waals surface area (Å²) in [6, 6.07) is 8.65. The summed E-state index contributed by atoms with van der Waals surface area (Å²) in [6.45, 7) is 0. The van der Waals surface area contributed by atoms with Gasteiger partial charge in [0, 0.05) is 6.42 Å². The molecule has 4 nitrogen and oxygen atoms in total. The van der Waals surface area contributed by atoms with Crippen LogP contribution in [0.3, 0.4) is 0 Å². The highest BCUT2D eigenvalue weighted by Crippen LogP contribution is 2.19. The van der Waals surface area contributed by atoms with Crippen molar-refractivity contribution >= 4 is 6.09 Å². The number of methoxy groups -OCH3 is 1. The van der Waals surface area contributed by atoms with Gasteiger partial charge in [-0.15, -0.1) is 12.3 Å². The fraction of sp³-hybridized carbons (Fsp3) is 0.357. The first-order valence-corrected chi connectivity index (χ1v) is 5.70. The Kier molecular flexibility index (Phi) is 5.75. The first-order chi connectivity index (χ1) is 8.69. The van der Waals surface area contributed by atoms with Crippen LogP contribution in [0, 0.1) is 12.3 Å². The molecule has 2 atom stereocenters. The molecule has 0 saturated heterocycles. The normalized spacial score (nSPS) is 13.2. The highest BCUT2D eigenvalue weighted by molar-refractivity contribution is 5.67. The van der Waals surface area contributed by atoms with Gasteiger partial charge in [0.2, 0.25) is 0 Å². The van der Waals surface area contributed by atoms with Gasteiger partial charge in [0.05, 0.1) is 19.3 Å². The van der Waals surface area contributed by atoms with Gasteiger partial charge in [-0.05, 0) is 12.0 Å². The molecule has 1 amide bonds. The smallest absolute Gasteiger partial charge is 0.407 e. The molecule has 0 aromatic heterocycles. The van der Waals surface area contributed by atoms with E-state index in [1.807, 2.05) is 18.2 Å². The van der Waals surface area contributed by atoms with Crippen LogP contribution in [-0.4, -0.2) is 24.4 Å². The second kappa shape index (κ2) is 7.36. The third-order valence-corrected chi connectivity index (χ3v) is 2.61. The summed E-state index contributed by atoms with van der Waals surface area (Å²) in [5.74, 6) is 2.49. The molecule has 0 radical (unpaired) electrons. The molecule has 1 aromatic rings. The molecular weight excluding hydrogens is 230 g/mol. The molecule has 96 valence electrons. The third-order valence-electron chi connectivity index (χ3n) is 2.61. The number of alkyl carbamates (subject to hydrolysis) is 1. The van der Waals surface area contributed by atoms with Crippen LogP contribution in [0.2, 0.25) is 0 Å². The van der Waals surface area contributed by atoms with E-state index in [0.717, 1.165) is 5.56 Å². The summed E-state index contributed by atoms with van der Waals surface area (Å²) in [7, 11) is 1.28. The van der Waals surface area contributed by atoms with E-state index >= 15 is 0 Å². The summed E-state index contributed by atoms with van der Waals surface area (Å²) >= 11 is 0. The average molecular weight is 247 g/mol. The lowest BCUT2D eigenvalue weighted by Crippen LogP contribution is -2.39. The van der Waals surface area contributed by atoms with Gasteiger partial charge in [-0.1, -0.05) is 30.3 Å². The van der Waals surface area contributed by atoms with E-state index in [9.17, 15) is 9.90 Å². The van der Waals surface area contributed by atoms with Crippen LogP contribution in [-0.2, 0) is 4.74 Å². The molecule has 1 aromatic carbocycles. The van der Waals surface area contributed by atoms with Gasteiger partial charge in [0.15, 0.2) is 0 Å². The van der Waals surface area contributed by atoms with Gasteiger partial charge in [-0.25, -0.2) is 4.79 Å². The summed E-state index contributed by atoms with van der Waals surface area (Å²) in [5.41, 5.74) is 0.732. The Morgan fingerprint density at radius 1 is 1.50 bits per heavy atom. The lowest BCUT2D eigenvalue weighted by molar-refractivity contribution is 0.111. The molecule has 0 unspecified atom stereocenters. The maximum absolute atomic E-state index is 11.2. The van der Waals surface area contributed by atoms with E-state index in [-0.39, 0.29) is 0 Å². The van der Waals surface area contributed by atoms with Gasteiger partial charge in [0.1, 0.15) is 0 Å². The molecule has 0 aliphatic carbocycles. The van der Waals surface area contributed by atoms with Crippen molar-refractivity contribution in [2.75, 3.05) is 7.11 Å². The Balaban J connectivity index is 2.75. The number of amides is 1. The number of nitrogens with one attached hydrogen (secondary N) is 1. The number of aliphatic hydroxyl groups excluding tert-OH is 1. The van der Waals surface area contributed by atoms with Crippen LogP contribution in [0.25, 0.3) is 0 Å². The third kappa shape index (κ3) is 4.11. The zero-order chi connectivity index (χ0) is 13.4. The van der Waals surface area contributed by atoms with E-state index in [0.29, 0.717) is 12.8 Å². The number of hydrogen-bond acceptors (Lipinski definition) is 3. The molecule has 0 spiro atoms. The first kappa shape index (κ1) is 14.1. The van der Waals surface area contributed by atoms with Crippen molar-refractivity contribution in [1.29, 1.82) is 0 Å². The van der Waals surface area contributed by atoms with Crippen molar-refractivity contribution in [3.05, 3.63) is 35.9 Å². The summed E-state index contributed by atoms with van der Waals surface area (Å²) in [5, 5.41) is 12.8. The van der Waals surface area contributed by atoms with Crippen LogP contribution in [0.4, 0.5) is 4.79 Å². The summed E-state index contributed by atoms with van der Waals surface area (Å²) in [4.78, 5) is 11.2. The number of carbonyl (C=O) groups excluding carboxylic acids is 1. The van der Waals surface area contributed by atoms with Gasteiger partial charge < -0.3 is 15.2 Å². The minimum atomic E-state index is -0.807. The van der Waals surface area contributed by atoms with E-state index in [4.69, 9.17) is 6.42 Å². The monoisotopic (exact) mass is 247 g/mol. The average Bonchev–Trinajstić information content (AvgIpc) is 2.43. The van der Waals surface area contributed by atoms with Crippen LogP contribution in [0.1, 0.15) is 24.5 Å². The molecule has 0 saturated carbocycles. The second-order valence-electron chi connectivity index (χ2n) is 3.84. The number of carbonyl (C=O) groups is 1. The topological polar surface area (TPSA) is 58.6 Å². The highest BCUT2D eigenvalue weighted by Gasteiger charge is 2.22. The number of hydrogen-bond donors (Lipinski definition) is 2. The standard InChI is InChI=1S/C14H17NO3/c1-3-4-10-12(15-14(17)18-2)13(16)11-8-6-5-7-9-11/h1,5-9,12-13,16H,4,10H2,2H3,(H,15,17)/t12-,13+/m0/s1. The predicted octanol–water partition coefficient (Wildman–Crippen LogP) is 1.86. The second-order valence-corrected chi connectivity index (χ2v) is 3.84. The minimum Gasteiger partial charge on any atom is -0.453 e. The molecular formula is C14H17NO3. The molecule has 0 bridgehead atoms. The Labute approximate surface area is 107 Å². The van der Waals surface area contributed by atoms with Gasteiger partial charge in [-0.3, -0.25) is 0 Å². The SMILES string of the molecule is C#CCC[C@H](NC(=O)OC)[C@H](O)c1ccccc1. The van der Waals surface area contributed by atoms with E-state index < -0.39 is 18.2 Å². The molecule has 4 heteroatoms. The van der Waals surface area contributed by atoms with Crippen molar-refractivity contribution in [2.45, 2.75) is 25.0 Å². The Morgan fingerprint density at radius 2 is 2.17 bits per heavy atom. The number of ether oxygens (including phenoxy) is 1. The zero-order valence-corrected chi connectivity index (χ0v) is 10.3. The zero-order valence-electron chi connectivity index (χ0n) is 10.3. The Morgan fingerprint density at radius 3 is 2.72 bits per heavy atom. The minimum absolute atomic E-state index is 0.462. The van der Waals surface area contributed by atoms with Crippen LogP contribution >= 0.6 is 0 Å². The first-order valence-electron chi connectivity index (χ1n) is 5.70. The van der Waals surface area contributed by atoms with Gasteiger partial charge in [-0.2, -0.15) is 0 Å². The van der Waals surface area contributed by atoms with Crippen molar-refractivity contribution in [1.82, 2.24) is 5.32 Å². The molecule has 0 fully saturated rings. The number of benzene rings is 1. The van der Waals surface area contributed by atoms with Crippen molar-refractivity contribution < 1.29 is 14.6 Å². The summed E-state index contributed by atoms with van der Waals surface area (Å²) in [6.07, 6.45) is 4.78. The summed E-state index contributed by atoms with van der Waals surface area (Å²) < 4.78 is 4.53. The van der Waals surface area contributed by atoms with Gasteiger partial charge >= 0.3 is 6.09 Å². The van der Waals surface area contributed by atoms with E-state index in [1.165, 1.54) is 7.11 Å². The molecule has 0 heterocycles. The molecule has 2 N–H and O–H groups in total. The maximum atomic E-state index is 11.2. The largest absolute Gasteiger partial charge is 0.453 e. The highest BCUT2D eigenvalue weighted by atomic mass is 16.5. The number of terminal acetylenes is 1. The van der Waals surface area contributed by atoms with Crippen LogP contribution < -0.4 is 5.32 Å². The van der Waals surface area contributed by atoms with E-state index in [2.05, 4.69) is 16.0 Å². The number of aliphatic hydroxyl groups is 1. The number of rotatable bonds is 5. The molecule has 1 rings (SSSR count). The van der Waals surface area contributed by atoms with Gasteiger partial charge in [0.25, 0.3) is 0 Å². The van der Waals surface area contributed by atoms with E-state index in [1.54, 1.807) is 12.1 Å².